The Labute approximate surface area is 243 Å². The van der Waals surface area contributed by atoms with Crippen LogP contribution in [0, 0.1) is 0 Å². The van der Waals surface area contributed by atoms with Gasteiger partial charge in [-0.05, 0) is 58.6 Å². The van der Waals surface area contributed by atoms with Crippen LogP contribution in [0.25, 0.3) is 87.1 Å². The van der Waals surface area contributed by atoms with Gasteiger partial charge in [0.25, 0.3) is 0 Å². The molecule has 0 saturated carbocycles. The molecule has 3 heteroatoms. The van der Waals surface area contributed by atoms with Gasteiger partial charge in [-0.2, -0.15) is 0 Å². The van der Waals surface area contributed by atoms with Gasteiger partial charge in [0.1, 0.15) is 0 Å². The highest BCUT2D eigenvalue weighted by atomic mass is 79.9. The van der Waals surface area contributed by atoms with Crippen molar-refractivity contribution in [3.05, 3.63) is 132 Å². The van der Waals surface area contributed by atoms with Crippen molar-refractivity contribution < 1.29 is 0 Å². The molecule has 7 aromatic carbocycles. The first-order valence-corrected chi connectivity index (χ1v) is 14.8. The third-order valence-electron chi connectivity index (χ3n) is 9.03. The largest absolute Gasteiger partial charge is 0.309 e. The highest BCUT2D eigenvalue weighted by Crippen LogP contribution is 2.47. The monoisotopic (exact) mass is 584 g/mol. The number of pyridine rings is 1. The molecule has 190 valence electrons. The smallest absolute Gasteiger partial charge is 0.0626 e. The molecule has 0 spiro atoms. The molecule has 0 aliphatic carbocycles. The number of hydrogen-bond donors (Lipinski definition) is 0. The molecule has 0 amide bonds. The van der Waals surface area contributed by atoms with Crippen molar-refractivity contribution >= 4 is 97.4 Å². The molecule has 0 radical (unpaired) electrons. The summed E-state index contributed by atoms with van der Waals surface area (Å²) in [5.74, 6) is 0. The van der Waals surface area contributed by atoms with E-state index in [0.29, 0.717) is 0 Å². The second-order valence-electron chi connectivity index (χ2n) is 11.1. The zero-order valence-electron chi connectivity index (χ0n) is 21.9. The summed E-state index contributed by atoms with van der Waals surface area (Å²) in [5, 5.41) is 12.9. The van der Waals surface area contributed by atoms with Gasteiger partial charge in [-0.1, -0.05) is 101 Å². The van der Waals surface area contributed by atoms with Crippen molar-refractivity contribution in [1.29, 1.82) is 0 Å². The van der Waals surface area contributed by atoms with Crippen LogP contribution in [-0.2, 0) is 0 Å². The number of benzene rings is 7. The van der Waals surface area contributed by atoms with Crippen molar-refractivity contribution in [1.82, 2.24) is 8.97 Å². The van der Waals surface area contributed by atoms with Crippen LogP contribution in [0.1, 0.15) is 0 Å². The Morgan fingerprint density at radius 2 is 1.10 bits per heavy atom. The van der Waals surface area contributed by atoms with E-state index in [0.717, 1.165) is 4.47 Å². The van der Waals surface area contributed by atoms with E-state index in [1.807, 2.05) is 0 Å². The molecule has 10 aromatic rings. The minimum Gasteiger partial charge on any atom is -0.309 e. The standard InChI is InChI=1S/C38H21BrN2/c39-24-20-23-15-17-28-27-16-14-22-8-4-5-11-26(22)37(27)41-33-19-18-32-35(36(33)30(21-24)34(23)38(28)41)29-12-6-7-13-31(29)40(32)25-9-2-1-3-10-25/h1-21H. The summed E-state index contributed by atoms with van der Waals surface area (Å²) >= 11 is 3.87. The molecule has 0 N–H and O–H groups in total. The van der Waals surface area contributed by atoms with Crippen LogP contribution in [0.5, 0.6) is 0 Å². The highest BCUT2D eigenvalue weighted by Gasteiger charge is 2.23. The van der Waals surface area contributed by atoms with E-state index >= 15 is 0 Å². The van der Waals surface area contributed by atoms with Crippen LogP contribution in [0.2, 0.25) is 0 Å². The molecule has 0 aliphatic heterocycles. The van der Waals surface area contributed by atoms with Crippen molar-refractivity contribution in [2.75, 3.05) is 0 Å². The second kappa shape index (κ2) is 7.66. The quantitative estimate of drug-likeness (QED) is 0.134. The molecular weight excluding hydrogens is 564 g/mol. The fourth-order valence-electron chi connectivity index (χ4n) is 7.49. The average Bonchev–Trinajstić information content (AvgIpc) is 3.54. The van der Waals surface area contributed by atoms with Gasteiger partial charge >= 0.3 is 0 Å². The predicted molar refractivity (Wildman–Crippen MR) is 178 cm³/mol. The summed E-state index contributed by atoms with van der Waals surface area (Å²) in [5.41, 5.74) is 7.44. The Bertz CT molecular complexity index is 2690. The zero-order chi connectivity index (χ0) is 26.8. The van der Waals surface area contributed by atoms with Crippen molar-refractivity contribution in [2.45, 2.75) is 0 Å². The lowest BCUT2D eigenvalue weighted by atomic mass is 9.96. The van der Waals surface area contributed by atoms with E-state index in [-0.39, 0.29) is 0 Å². The fraction of sp³-hybridized carbons (Fsp3) is 0. The third kappa shape index (κ3) is 2.67. The van der Waals surface area contributed by atoms with Gasteiger partial charge in [0.2, 0.25) is 0 Å². The van der Waals surface area contributed by atoms with Crippen LogP contribution in [0.4, 0.5) is 0 Å². The Hall–Kier alpha value is -4.86. The van der Waals surface area contributed by atoms with E-state index in [9.17, 15) is 0 Å². The number of hydrogen-bond acceptors (Lipinski definition) is 0. The minimum absolute atomic E-state index is 1.10. The van der Waals surface area contributed by atoms with Crippen LogP contribution < -0.4 is 0 Å². The molecule has 3 heterocycles. The van der Waals surface area contributed by atoms with Gasteiger partial charge in [-0.25, -0.2) is 0 Å². The molecule has 0 atom stereocenters. The van der Waals surface area contributed by atoms with Gasteiger partial charge in [-0.3, -0.25) is 0 Å². The number of halogens is 1. The summed E-state index contributed by atoms with van der Waals surface area (Å²) in [6.45, 7) is 0. The van der Waals surface area contributed by atoms with Crippen molar-refractivity contribution in [2.24, 2.45) is 0 Å². The lowest BCUT2D eigenvalue weighted by Crippen LogP contribution is -1.95. The van der Waals surface area contributed by atoms with Crippen LogP contribution in [0.3, 0.4) is 0 Å². The first kappa shape index (κ1) is 21.9. The summed E-state index contributed by atoms with van der Waals surface area (Å²) in [7, 11) is 0. The maximum absolute atomic E-state index is 3.87. The topological polar surface area (TPSA) is 9.34 Å². The van der Waals surface area contributed by atoms with E-state index in [2.05, 4.69) is 152 Å². The number of para-hydroxylation sites is 2. The Morgan fingerprint density at radius 1 is 0.415 bits per heavy atom. The average molecular weight is 586 g/mol. The van der Waals surface area contributed by atoms with E-state index < -0.39 is 0 Å². The summed E-state index contributed by atoms with van der Waals surface area (Å²) in [4.78, 5) is 0. The normalized spacial score (nSPS) is 12.5. The molecule has 0 unspecified atom stereocenters. The molecule has 0 bridgehead atoms. The number of nitrogens with zero attached hydrogens (tertiary/aromatic N) is 2. The van der Waals surface area contributed by atoms with Gasteiger partial charge in [0.05, 0.1) is 27.6 Å². The zero-order valence-corrected chi connectivity index (χ0v) is 23.5. The first-order chi connectivity index (χ1) is 20.3. The molecule has 41 heavy (non-hydrogen) atoms. The maximum Gasteiger partial charge on any atom is 0.0626 e. The number of aromatic nitrogens is 2. The van der Waals surface area contributed by atoms with Gasteiger partial charge in [-0.15, -0.1) is 0 Å². The first-order valence-electron chi connectivity index (χ1n) is 14.0. The minimum atomic E-state index is 1.10. The number of fused-ring (bicyclic) bond motifs is 12. The summed E-state index contributed by atoms with van der Waals surface area (Å²) in [6.07, 6.45) is 0. The molecule has 3 aromatic heterocycles. The molecule has 0 aliphatic rings. The van der Waals surface area contributed by atoms with Crippen molar-refractivity contribution in [3.8, 4) is 5.69 Å². The number of rotatable bonds is 1. The molecule has 10 rings (SSSR count). The van der Waals surface area contributed by atoms with E-state index in [1.165, 1.54) is 87.1 Å². The Morgan fingerprint density at radius 3 is 1.98 bits per heavy atom. The Balaban J connectivity index is 1.58. The highest BCUT2D eigenvalue weighted by molar-refractivity contribution is 9.10. The van der Waals surface area contributed by atoms with Gasteiger partial charge in [0.15, 0.2) is 0 Å². The lowest BCUT2D eigenvalue weighted by Gasteiger charge is -2.15. The SMILES string of the molecule is Brc1cc2ccc3c4ccc5ccccc5c4n4c5ccc6c(c7ccccc7n6-c6ccccc6)c5c(c1)c2c34. The molecule has 0 fully saturated rings. The van der Waals surface area contributed by atoms with Gasteiger partial charge in [0, 0.05) is 47.9 Å². The van der Waals surface area contributed by atoms with Crippen LogP contribution in [-0.4, -0.2) is 8.97 Å². The molecule has 2 nitrogen and oxygen atoms in total. The third-order valence-corrected chi connectivity index (χ3v) is 9.49. The maximum atomic E-state index is 3.87. The molecular formula is C38H21BrN2. The summed E-state index contributed by atoms with van der Waals surface area (Å²) < 4.78 is 6.07. The predicted octanol–water partition coefficient (Wildman–Crippen LogP) is 11.0. The van der Waals surface area contributed by atoms with Gasteiger partial charge < -0.3 is 8.97 Å². The fourth-order valence-corrected chi connectivity index (χ4v) is 7.96. The summed E-state index contributed by atoms with van der Waals surface area (Å²) in [6, 6.07) is 46.8. The Kier molecular flexibility index (Phi) is 4.09. The lowest BCUT2D eigenvalue weighted by molar-refractivity contribution is 1.18. The van der Waals surface area contributed by atoms with Crippen LogP contribution in [0.15, 0.2) is 132 Å². The van der Waals surface area contributed by atoms with E-state index in [4.69, 9.17) is 0 Å². The van der Waals surface area contributed by atoms with E-state index in [1.54, 1.807) is 0 Å². The molecule has 0 saturated heterocycles. The second-order valence-corrected chi connectivity index (χ2v) is 12.0. The van der Waals surface area contributed by atoms with Crippen molar-refractivity contribution in [3.63, 3.8) is 0 Å². The van der Waals surface area contributed by atoms with Crippen LogP contribution >= 0.6 is 15.9 Å².